The monoisotopic (exact) mass is 247 g/mol. The summed E-state index contributed by atoms with van der Waals surface area (Å²) in [5, 5.41) is 9.99. The first-order valence-electron chi connectivity index (χ1n) is 7.18. The fourth-order valence-corrected chi connectivity index (χ4v) is 3.13. The minimum Gasteiger partial charge on any atom is -0.508 e. The Morgan fingerprint density at radius 1 is 1.39 bits per heavy atom. The zero-order valence-corrected chi connectivity index (χ0v) is 11.8. The number of fused-ring (bicyclic) bond motifs is 1. The molecule has 2 rings (SSSR count). The van der Waals surface area contributed by atoms with Crippen molar-refractivity contribution < 1.29 is 5.11 Å². The summed E-state index contributed by atoms with van der Waals surface area (Å²) < 4.78 is 0. The highest BCUT2D eigenvalue weighted by Crippen LogP contribution is 2.38. The number of hydrogen-bond acceptors (Lipinski definition) is 2. The van der Waals surface area contributed by atoms with Crippen molar-refractivity contribution in [2.75, 3.05) is 13.1 Å². The number of phenols is 1. The van der Waals surface area contributed by atoms with Gasteiger partial charge in [-0.25, -0.2) is 0 Å². The van der Waals surface area contributed by atoms with Crippen LogP contribution in [-0.4, -0.2) is 23.1 Å². The summed E-state index contributed by atoms with van der Waals surface area (Å²) >= 11 is 0. The van der Waals surface area contributed by atoms with E-state index in [-0.39, 0.29) is 0 Å². The van der Waals surface area contributed by atoms with Gasteiger partial charge < -0.3 is 5.11 Å². The first kappa shape index (κ1) is 13.4. The van der Waals surface area contributed by atoms with Gasteiger partial charge in [-0.3, -0.25) is 4.90 Å². The van der Waals surface area contributed by atoms with Crippen LogP contribution in [0.25, 0.3) is 0 Å². The van der Waals surface area contributed by atoms with Crippen LogP contribution in [0.4, 0.5) is 0 Å². The fraction of sp³-hybridized carbons (Fsp3) is 0.625. The van der Waals surface area contributed by atoms with Crippen molar-refractivity contribution in [2.24, 2.45) is 5.92 Å². The van der Waals surface area contributed by atoms with E-state index in [2.05, 4.69) is 31.7 Å². The van der Waals surface area contributed by atoms with Crippen LogP contribution in [0, 0.1) is 5.92 Å². The van der Waals surface area contributed by atoms with E-state index in [9.17, 15) is 5.11 Å². The second-order valence-corrected chi connectivity index (χ2v) is 5.73. The minimum absolute atomic E-state index is 0.484. The Balaban J connectivity index is 2.28. The number of phenolic OH excluding ortho intramolecular Hbond substituents is 1. The lowest BCUT2D eigenvalue weighted by Crippen LogP contribution is -2.34. The molecule has 2 nitrogen and oxygen atoms in total. The number of benzene rings is 1. The van der Waals surface area contributed by atoms with E-state index >= 15 is 0 Å². The van der Waals surface area contributed by atoms with Crippen molar-refractivity contribution in [1.29, 1.82) is 0 Å². The van der Waals surface area contributed by atoms with Gasteiger partial charge in [-0.05, 0) is 48.9 Å². The summed E-state index contributed by atoms with van der Waals surface area (Å²) in [6.07, 6.45) is 3.43. The Morgan fingerprint density at radius 2 is 2.17 bits per heavy atom. The predicted octanol–water partition coefficient (Wildman–Crippen LogP) is 3.75. The highest BCUT2D eigenvalue weighted by molar-refractivity contribution is 5.42. The average molecular weight is 247 g/mol. The van der Waals surface area contributed by atoms with Gasteiger partial charge in [0.05, 0.1) is 0 Å². The van der Waals surface area contributed by atoms with Crippen LogP contribution in [-0.2, 0) is 6.42 Å². The molecule has 0 spiro atoms. The van der Waals surface area contributed by atoms with Crippen molar-refractivity contribution >= 4 is 0 Å². The molecule has 1 atom stereocenters. The topological polar surface area (TPSA) is 23.5 Å². The molecule has 1 unspecified atom stereocenters. The highest BCUT2D eigenvalue weighted by Gasteiger charge is 2.26. The zero-order valence-electron chi connectivity index (χ0n) is 11.8. The second kappa shape index (κ2) is 5.75. The molecule has 1 aromatic rings. The Hall–Kier alpha value is -1.02. The summed E-state index contributed by atoms with van der Waals surface area (Å²) in [6.45, 7) is 9.00. The lowest BCUT2D eigenvalue weighted by Gasteiger charge is -2.36. The molecule has 0 aliphatic heterocycles. The van der Waals surface area contributed by atoms with Crippen molar-refractivity contribution in [3.63, 3.8) is 0 Å². The minimum atomic E-state index is 0.484. The molecule has 1 aliphatic carbocycles. The molecule has 100 valence electrons. The number of hydrogen-bond donors (Lipinski definition) is 1. The van der Waals surface area contributed by atoms with Gasteiger partial charge in [0, 0.05) is 12.6 Å². The zero-order chi connectivity index (χ0) is 13.1. The Labute approximate surface area is 111 Å². The van der Waals surface area contributed by atoms with Crippen LogP contribution in [0.3, 0.4) is 0 Å². The summed E-state index contributed by atoms with van der Waals surface area (Å²) in [4.78, 5) is 2.56. The molecule has 0 saturated heterocycles. The number of aromatic hydroxyl groups is 1. The van der Waals surface area contributed by atoms with Gasteiger partial charge in [0.25, 0.3) is 0 Å². The van der Waals surface area contributed by atoms with Gasteiger partial charge in [0.1, 0.15) is 5.75 Å². The largest absolute Gasteiger partial charge is 0.508 e. The van der Waals surface area contributed by atoms with E-state index in [0.717, 1.165) is 19.5 Å². The van der Waals surface area contributed by atoms with Gasteiger partial charge in [-0.15, -0.1) is 0 Å². The van der Waals surface area contributed by atoms with Crippen molar-refractivity contribution in [1.82, 2.24) is 4.90 Å². The van der Waals surface area contributed by atoms with E-state index < -0.39 is 0 Å². The van der Waals surface area contributed by atoms with E-state index in [1.54, 1.807) is 0 Å². The van der Waals surface area contributed by atoms with E-state index in [4.69, 9.17) is 0 Å². The summed E-state index contributed by atoms with van der Waals surface area (Å²) in [5.74, 6) is 1.17. The third-order valence-electron chi connectivity index (χ3n) is 3.90. The van der Waals surface area contributed by atoms with Crippen molar-refractivity contribution in [3.05, 3.63) is 29.3 Å². The van der Waals surface area contributed by atoms with Crippen molar-refractivity contribution in [2.45, 2.75) is 46.1 Å². The van der Waals surface area contributed by atoms with E-state index in [1.165, 1.54) is 24.0 Å². The Morgan fingerprint density at radius 3 is 2.83 bits per heavy atom. The maximum Gasteiger partial charge on any atom is 0.119 e. The molecule has 1 N–H and O–H groups in total. The van der Waals surface area contributed by atoms with Gasteiger partial charge in [0.15, 0.2) is 0 Å². The van der Waals surface area contributed by atoms with Crippen LogP contribution < -0.4 is 0 Å². The smallest absolute Gasteiger partial charge is 0.119 e. The van der Waals surface area contributed by atoms with Gasteiger partial charge in [-0.2, -0.15) is 0 Å². The highest BCUT2D eigenvalue weighted by atomic mass is 16.3. The SMILES string of the molecule is CCN(CC(C)C)C1CCCc2c(O)cccc21. The molecule has 1 aromatic carbocycles. The molecular weight excluding hydrogens is 222 g/mol. The fourth-order valence-electron chi connectivity index (χ4n) is 3.13. The molecule has 0 saturated carbocycles. The van der Waals surface area contributed by atoms with Crippen LogP contribution in [0.1, 0.15) is 50.8 Å². The summed E-state index contributed by atoms with van der Waals surface area (Å²) in [5.41, 5.74) is 2.53. The third-order valence-corrected chi connectivity index (χ3v) is 3.90. The molecule has 0 radical (unpaired) electrons. The summed E-state index contributed by atoms with van der Waals surface area (Å²) in [6, 6.07) is 6.49. The lowest BCUT2D eigenvalue weighted by molar-refractivity contribution is 0.167. The van der Waals surface area contributed by atoms with Crippen LogP contribution in [0.15, 0.2) is 18.2 Å². The maximum absolute atomic E-state index is 9.99. The molecule has 0 fully saturated rings. The maximum atomic E-state index is 9.99. The second-order valence-electron chi connectivity index (χ2n) is 5.73. The number of nitrogens with zero attached hydrogens (tertiary/aromatic N) is 1. The van der Waals surface area contributed by atoms with Gasteiger partial charge in [0.2, 0.25) is 0 Å². The molecular formula is C16H25NO. The van der Waals surface area contributed by atoms with E-state index in [0.29, 0.717) is 17.7 Å². The average Bonchev–Trinajstić information content (AvgIpc) is 2.36. The lowest BCUT2D eigenvalue weighted by atomic mass is 9.86. The Kier molecular flexibility index (Phi) is 4.28. The summed E-state index contributed by atoms with van der Waals surface area (Å²) in [7, 11) is 0. The molecule has 0 bridgehead atoms. The predicted molar refractivity (Wildman–Crippen MR) is 75.9 cm³/mol. The quantitative estimate of drug-likeness (QED) is 0.876. The third kappa shape index (κ3) is 2.69. The van der Waals surface area contributed by atoms with Crippen LogP contribution in [0.5, 0.6) is 5.75 Å². The first-order valence-corrected chi connectivity index (χ1v) is 7.18. The van der Waals surface area contributed by atoms with Gasteiger partial charge >= 0.3 is 0 Å². The molecule has 0 aromatic heterocycles. The van der Waals surface area contributed by atoms with Gasteiger partial charge in [-0.1, -0.05) is 32.9 Å². The van der Waals surface area contributed by atoms with Crippen LogP contribution >= 0.6 is 0 Å². The van der Waals surface area contributed by atoms with Crippen LogP contribution in [0.2, 0.25) is 0 Å². The standard InChI is InChI=1S/C16H25NO/c1-4-17(11-12(2)3)15-9-5-8-14-13(15)7-6-10-16(14)18/h6-7,10,12,15,18H,4-5,8-9,11H2,1-3H3. The molecule has 1 aliphatic rings. The molecule has 0 amide bonds. The first-order chi connectivity index (χ1) is 8.63. The normalized spacial score (nSPS) is 19.3. The van der Waals surface area contributed by atoms with E-state index in [1.807, 2.05) is 12.1 Å². The molecule has 18 heavy (non-hydrogen) atoms. The van der Waals surface area contributed by atoms with Crippen molar-refractivity contribution in [3.8, 4) is 5.75 Å². The molecule has 0 heterocycles. The Bertz CT molecular complexity index is 400. The number of rotatable bonds is 4. The molecule has 2 heteroatoms.